The quantitative estimate of drug-likeness (QED) is 0.626. The van der Waals surface area contributed by atoms with Crippen LogP contribution >= 0.6 is 0 Å². The summed E-state index contributed by atoms with van der Waals surface area (Å²) in [5, 5.41) is 8.30. The number of carbonyl (C=O) groups is 1. The summed E-state index contributed by atoms with van der Waals surface area (Å²) >= 11 is 0. The molecular formula is C23H28F2N8O. The van der Waals surface area contributed by atoms with Crippen molar-refractivity contribution >= 4 is 28.4 Å². The highest BCUT2D eigenvalue weighted by Crippen LogP contribution is 2.42. The number of aryl methyl sites for hydroxylation is 1. The van der Waals surface area contributed by atoms with Crippen molar-refractivity contribution in [3.8, 4) is 5.82 Å². The average Bonchev–Trinajstić information content (AvgIpc) is 3.43. The van der Waals surface area contributed by atoms with Gasteiger partial charge in [0.05, 0.1) is 10.9 Å². The molecule has 2 saturated heterocycles. The van der Waals surface area contributed by atoms with Gasteiger partial charge in [-0.3, -0.25) is 4.79 Å². The zero-order chi connectivity index (χ0) is 24.3. The Bertz CT molecular complexity index is 1270. The van der Waals surface area contributed by atoms with Gasteiger partial charge in [0.2, 0.25) is 11.7 Å². The van der Waals surface area contributed by atoms with E-state index in [-0.39, 0.29) is 17.1 Å². The van der Waals surface area contributed by atoms with Crippen molar-refractivity contribution < 1.29 is 13.6 Å². The number of nitrogens with one attached hydrogen (secondary N) is 1. The summed E-state index contributed by atoms with van der Waals surface area (Å²) in [5.74, 6) is -2.66. The molecule has 34 heavy (non-hydrogen) atoms. The van der Waals surface area contributed by atoms with Crippen LogP contribution in [0.5, 0.6) is 0 Å². The van der Waals surface area contributed by atoms with Gasteiger partial charge in [0.25, 0.3) is 0 Å². The molecule has 0 radical (unpaired) electrons. The topological polar surface area (TPSA) is 92.1 Å². The van der Waals surface area contributed by atoms with Crippen LogP contribution in [-0.2, 0) is 10.7 Å². The zero-order valence-electron chi connectivity index (χ0n) is 19.8. The molecule has 0 aromatic carbocycles. The van der Waals surface area contributed by atoms with Crippen molar-refractivity contribution in [3.05, 3.63) is 29.8 Å². The number of pyridine rings is 1. The van der Waals surface area contributed by atoms with Crippen LogP contribution in [0.1, 0.15) is 38.2 Å². The average molecular weight is 471 g/mol. The Labute approximate surface area is 196 Å². The van der Waals surface area contributed by atoms with Crippen LogP contribution < -0.4 is 10.2 Å². The number of rotatable bonds is 4. The standard InChI is InChI=1S/C23H28F2N8O/c1-14-9-19(29-21(27-14)22(3,24)25)33-17-10-18(28-15(2)34)26-11-16(17)20(30-33)32-8-6-23(13-32)5-7-31(4)12-23/h9-11H,5-8,12-13H2,1-4H3,(H,26,28,34). The normalized spacial score (nSPS) is 21.2. The maximum Gasteiger partial charge on any atom is 0.303 e. The van der Waals surface area contributed by atoms with E-state index in [1.165, 1.54) is 6.92 Å². The highest BCUT2D eigenvalue weighted by atomic mass is 19.3. The molecular weight excluding hydrogens is 442 g/mol. The van der Waals surface area contributed by atoms with Gasteiger partial charge in [0.15, 0.2) is 11.6 Å². The molecule has 0 aliphatic carbocycles. The highest BCUT2D eigenvalue weighted by molar-refractivity contribution is 5.95. The van der Waals surface area contributed by atoms with Crippen LogP contribution in [0.2, 0.25) is 0 Å². The summed E-state index contributed by atoms with van der Waals surface area (Å²) in [4.78, 5) is 28.7. The Balaban J connectivity index is 1.63. The number of anilines is 2. The van der Waals surface area contributed by atoms with Crippen molar-refractivity contribution in [2.45, 2.75) is 39.5 Å². The SMILES string of the molecule is CC(=O)Nc1cc2c(cn1)c(N1CCC3(CCN(C)C3)C1)nn2-c1cc(C)nc(C(C)(F)F)n1. The first-order valence-corrected chi connectivity index (χ1v) is 11.4. The predicted octanol–water partition coefficient (Wildman–Crippen LogP) is 3.12. The molecule has 2 fully saturated rings. The maximum atomic E-state index is 14.1. The summed E-state index contributed by atoms with van der Waals surface area (Å²) in [6.45, 7) is 7.69. The number of hydrogen-bond acceptors (Lipinski definition) is 7. The molecule has 5 heterocycles. The minimum atomic E-state index is -3.19. The summed E-state index contributed by atoms with van der Waals surface area (Å²) in [7, 11) is 2.15. The van der Waals surface area contributed by atoms with Gasteiger partial charge in [-0.05, 0) is 33.4 Å². The molecule has 3 aromatic heterocycles. The lowest BCUT2D eigenvalue weighted by Gasteiger charge is -2.23. The Morgan fingerprint density at radius 2 is 1.94 bits per heavy atom. The molecule has 1 amide bonds. The molecule has 2 aliphatic rings. The minimum Gasteiger partial charge on any atom is -0.354 e. The molecule has 9 nitrogen and oxygen atoms in total. The molecule has 0 bridgehead atoms. The van der Waals surface area contributed by atoms with Crippen LogP contribution in [0, 0.1) is 12.3 Å². The molecule has 180 valence electrons. The number of aromatic nitrogens is 5. The third kappa shape index (κ3) is 4.08. The molecule has 1 N–H and O–H groups in total. The largest absolute Gasteiger partial charge is 0.354 e. The van der Waals surface area contributed by atoms with Crippen LogP contribution in [0.3, 0.4) is 0 Å². The van der Waals surface area contributed by atoms with Crippen molar-refractivity contribution in [3.63, 3.8) is 0 Å². The van der Waals surface area contributed by atoms with Gasteiger partial charge in [-0.15, -0.1) is 5.10 Å². The Kier molecular flexibility index (Phi) is 5.27. The zero-order valence-corrected chi connectivity index (χ0v) is 19.8. The Morgan fingerprint density at radius 3 is 2.62 bits per heavy atom. The molecule has 0 saturated carbocycles. The third-order valence-electron chi connectivity index (χ3n) is 6.67. The van der Waals surface area contributed by atoms with E-state index in [4.69, 9.17) is 5.10 Å². The van der Waals surface area contributed by atoms with Gasteiger partial charge < -0.3 is 15.1 Å². The number of halogens is 2. The van der Waals surface area contributed by atoms with E-state index in [2.05, 4.69) is 37.1 Å². The number of amides is 1. The predicted molar refractivity (Wildman–Crippen MR) is 124 cm³/mol. The van der Waals surface area contributed by atoms with E-state index in [1.54, 1.807) is 29.9 Å². The second-order valence-electron chi connectivity index (χ2n) is 9.74. The Hall–Kier alpha value is -3.21. The highest BCUT2D eigenvalue weighted by Gasteiger charge is 2.43. The fourth-order valence-electron chi connectivity index (χ4n) is 5.12. The monoisotopic (exact) mass is 470 g/mol. The second kappa shape index (κ2) is 7.93. The van der Waals surface area contributed by atoms with E-state index in [9.17, 15) is 13.6 Å². The summed E-state index contributed by atoms with van der Waals surface area (Å²) < 4.78 is 29.7. The van der Waals surface area contributed by atoms with Gasteiger partial charge in [-0.2, -0.15) is 8.78 Å². The number of fused-ring (bicyclic) bond motifs is 1. The third-order valence-corrected chi connectivity index (χ3v) is 6.67. The van der Waals surface area contributed by atoms with E-state index >= 15 is 0 Å². The molecule has 5 rings (SSSR count). The number of carbonyl (C=O) groups excluding carboxylic acids is 1. The van der Waals surface area contributed by atoms with Crippen molar-refractivity contribution in [1.82, 2.24) is 29.6 Å². The Morgan fingerprint density at radius 1 is 1.18 bits per heavy atom. The van der Waals surface area contributed by atoms with Crippen molar-refractivity contribution in [1.29, 1.82) is 0 Å². The van der Waals surface area contributed by atoms with Crippen molar-refractivity contribution in [2.75, 3.05) is 43.4 Å². The maximum absolute atomic E-state index is 14.1. The van der Waals surface area contributed by atoms with E-state index in [0.717, 1.165) is 57.1 Å². The molecule has 2 aliphatic heterocycles. The lowest BCUT2D eigenvalue weighted by Crippen LogP contribution is -2.30. The van der Waals surface area contributed by atoms with Crippen LogP contribution in [0.15, 0.2) is 18.3 Å². The number of alkyl halides is 2. The lowest BCUT2D eigenvalue weighted by molar-refractivity contribution is -0.114. The van der Waals surface area contributed by atoms with Gasteiger partial charge in [-0.25, -0.2) is 19.6 Å². The van der Waals surface area contributed by atoms with E-state index in [1.807, 2.05) is 0 Å². The van der Waals surface area contributed by atoms with Crippen LogP contribution in [-0.4, -0.2) is 68.8 Å². The molecule has 3 aromatic rings. The lowest BCUT2D eigenvalue weighted by atomic mass is 9.86. The first kappa shape index (κ1) is 22.6. The molecule has 11 heteroatoms. The van der Waals surface area contributed by atoms with Crippen molar-refractivity contribution in [2.24, 2.45) is 5.41 Å². The van der Waals surface area contributed by atoms with E-state index in [0.29, 0.717) is 17.0 Å². The first-order chi connectivity index (χ1) is 16.0. The number of hydrogen-bond donors (Lipinski definition) is 1. The summed E-state index contributed by atoms with van der Waals surface area (Å²) in [5.41, 5.74) is 1.27. The van der Waals surface area contributed by atoms with Gasteiger partial charge in [-0.1, -0.05) is 0 Å². The first-order valence-electron chi connectivity index (χ1n) is 11.4. The molecule has 1 atom stereocenters. The summed E-state index contributed by atoms with van der Waals surface area (Å²) in [6.07, 6.45) is 3.89. The van der Waals surface area contributed by atoms with Crippen LogP contribution in [0.4, 0.5) is 20.4 Å². The molecule has 1 unspecified atom stereocenters. The van der Waals surface area contributed by atoms with E-state index < -0.39 is 11.7 Å². The smallest absolute Gasteiger partial charge is 0.303 e. The minimum absolute atomic E-state index is 0.233. The van der Waals surface area contributed by atoms with Gasteiger partial charge in [0, 0.05) is 62.9 Å². The fourth-order valence-corrected chi connectivity index (χ4v) is 5.12. The fraction of sp³-hybridized carbons (Fsp3) is 0.522. The van der Waals surface area contributed by atoms with Gasteiger partial charge >= 0.3 is 5.92 Å². The van der Waals surface area contributed by atoms with Crippen LogP contribution in [0.25, 0.3) is 16.7 Å². The number of likely N-dealkylation sites (tertiary alicyclic amines) is 1. The number of nitrogens with zero attached hydrogens (tertiary/aromatic N) is 7. The molecule has 1 spiro atoms. The van der Waals surface area contributed by atoms with Gasteiger partial charge in [0.1, 0.15) is 5.82 Å². The summed E-state index contributed by atoms with van der Waals surface area (Å²) in [6, 6.07) is 3.32. The second-order valence-corrected chi connectivity index (χ2v) is 9.74.